The molecule has 1 amide bonds. The molecule has 0 aromatic heterocycles. The van der Waals surface area contributed by atoms with Crippen molar-refractivity contribution in [3.63, 3.8) is 0 Å². The molecule has 1 heterocycles. The number of sulfonamides is 1. The van der Waals surface area contributed by atoms with Gasteiger partial charge in [-0.25, -0.2) is 13.1 Å². The number of amides is 1. The number of unbranched alkanes of at least 4 members (excludes halogenated alkanes) is 1. The lowest BCUT2D eigenvalue weighted by Gasteiger charge is -2.35. The van der Waals surface area contributed by atoms with Crippen LogP contribution in [0.4, 0.5) is 0 Å². The van der Waals surface area contributed by atoms with Crippen molar-refractivity contribution < 1.29 is 13.2 Å². The summed E-state index contributed by atoms with van der Waals surface area (Å²) in [5.41, 5.74) is 0.558. The lowest BCUT2D eigenvalue weighted by atomic mass is 9.99. The fourth-order valence-corrected chi connectivity index (χ4v) is 4.18. The van der Waals surface area contributed by atoms with Crippen LogP contribution in [-0.4, -0.2) is 38.4 Å². The number of hydrogen-bond donors (Lipinski definition) is 1. The van der Waals surface area contributed by atoms with Crippen molar-refractivity contribution in [2.75, 3.05) is 13.1 Å². The van der Waals surface area contributed by atoms with E-state index in [1.165, 1.54) is 18.6 Å². The number of nitrogens with zero attached hydrogens (tertiary/aromatic N) is 1. The predicted octanol–water partition coefficient (Wildman–Crippen LogP) is 3.17. The van der Waals surface area contributed by atoms with Crippen LogP contribution < -0.4 is 4.72 Å². The van der Waals surface area contributed by atoms with Gasteiger partial charge < -0.3 is 4.90 Å². The van der Waals surface area contributed by atoms with Gasteiger partial charge in [-0.3, -0.25) is 4.79 Å². The molecule has 24 heavy (non-hydrogen) atoms. The highest BCUT2D eigenvalue weighted by Crippen LogP contribution is 2.22. The molecule has 6 heteroatoms. The zero-order valence-corrected chi connectivity index (χ0v) is 15.4. The highest BCUT2D eigenvalue weighted by molar-refractivity contribution is 7.89. The highest BCUT2D eigenvalue weighted by Gasteiger charge is 2.26. The molecule has 1 N–H and O–H groups in total. The molecule has 0 bridgehead atoms. The first-order valence-electron chi connectivity index (χ1n) is 8.90. The average molecular weight is 353 g/mol. The van der Waals surface area contributed by atoms with Crippen molar-refractivity contribution >= 4 is 15.9 Å². The van der Waals surface area contributed by atoms with Crippen LogP contribution in [0.15, 0.2) is 29.2 Å². The van der Waals surface area contributed by atoms with Crippen molar-refractivity contribution in [3.8, 4) is 0 Å². The van der Waals surface area contributed by atoms with E-state index in [9.17, 15) is 13.2 Å². The summed E-state index contributed by atoms with van der Waals surface area (Å²) in [5.74, 6) is 0.00411. The quantitative estimate of drug-likeness (QED) is 0.767. The first-order valence-corrected chi connectivity index (χ1v) is 10.4. The lowest BCUT2D eigenvalue weighted by molar-refractivity contribution is 0.0608. The lowest BCUT2D eigenvalue weighted by Crippen LogP contribution is -2.43. The Balaban J connectivity index is 2.09. The number of piperidine rings is 1. The molecule has 2 rings (SSSR count). The second-order valence-corrected chi connectivity index (χ2v) is 8.10. The van der Waals surface area contributed by atoms with Gasteiger partial charge in [-0.15, -0.1) is 0 Å². The summed E-state index contributed by atoms with van der Waals surface area (Å²) in [5, 5.41) is 0. The second-order valence-electron chi connectivity index (χ2n) is 6.33. The van der Waals surface area contributed by atoms with Gasteiger partial charge in [0.15, 0.2) is 0 Å². The van der Waals surface area contributed by atoms with Crippen LogP contribution in [0, 0.1) is 0 Å². The molecule has 134 valence electrons. The van der Waals surface area contributed by atoms with Gasteiger partial charge in [0.1, 0.15) is 0 Å². The second kappa shape index (κ2) is 8.62. The summed E-state index contributed by atoms with van der Waals surface area (Å²) in [7, 11) is -3.49. The molecule has 0 radical (unpaired) electrons. The number of likely N-dealkylation sites (tertiary alicyclic amines) is 1. The molecule has 1 aliphatic heterocycles. The maximum absolute atomic E-state index is 12.7. The number of carbonyl (C=O) groups excluding carboxylic acids is 1. The van der Waals surface area contributed by atoms with Gasteiger partial charge >= 0.3 is 0 Å². The minimum atomic E-state index is -3.49. The van der Waals surface area contributed by atoms with Crippen LogP contribution in [0.1, 0.15) is 62.7 Å². The van der Waals surface area contributed by atoms with E-state index < -0.39 is 10.0 Å². The third-order valence-corrected chi connectivity index (χ3v) is 6.07. The Hall–Kier alpha value is -1.40. The average Bonchev–Trinajstić information content (AvgIpc) is 2.61. The Labute approximate surface area is 145 Å². The fourth-order valence-electron chi connectivity index (χ4n) is 3.10. The van der Waals surface area contributed by atoms with E-state index in [1.54, 1.807) is 12.1 Å². The van der Waals surface area contributed by atoms with E-state index in [1.807, 2.05) is 11.8 Å². The fraction of sp³-hybridized carbons (Fsp3) is 0.611. The smallest absolute Gasteiger partial charge is 0.254 e. The van der Waals surface area contributed by atoms with E-state index in [0.29, 0.717) is 18.2 Å². The van der Waals surface area contributed by atoms with Crippen molar-refractivity contribution in [2.45, 2.75) is 63.3 Å². The summed E-state index contributed by atoms with van der Waals surface area (Å²) in [4.78, 5) is 14.8. The van der Waals surface area contributed by atoms with E-state index in [2.05, 4.69) is 11.6 Å². The van der Waals surface area contributed by atoms with Crippen molar-refractivity contribution in [3.05, 3.63) is 29.8 Å². The van der Waals surface area contributed by atoms with Gasteiger partial charge in [0.25, 0.3) is 5.91 Å². The molecule has 1 unspecified atom stereocenters. The molecule has 0 spiro atoms. The van der Waals surface area contributed by atoms with E-state index >= 15 is 0 Å². The van der Waals surface area contributed by atoms with Crippen molar-refractivity contribution in [1.29, 1.82) is 0 Å². The van der Waals surface area contributed by atoms with Crippen LogP contribution in [0.5, 0.6) is 0 Å². The maximum Gasteiger partial charge on any atom is 0.254 e. The monoisotopic (exact) mass is 352 g/mol. The first kappa shape index (κ1) is 18.9. The Morgan fingerprint density at radius 3 is 2.54 bits per heavy atom. The van der Waals surface area contributed by atoms with Crippen LogP contribution in [0.25, 0.3) is 0 Å². The van der Waals surface area contributed by atoms with Crippen molar-refractivity contribution in [1.82, 2.24) is 9.62 Å². The Kier molecular flexibility index (Phi) is 6.80. The highest BCUT2D eigenvalue weighted by atomic mass is 32.2. The number of benzene rings is 1. The largest absolute Gasteiger partial charge is 0.336 e. The zero-order valence-electron chi connectivity index (χ0n) is 14.6. The molecule has 5 nitrogen and oxygen atoms in total. The van der Waals surface area contributed by atoms with E-state index in [-0.39, 0.29) is 10.8 Å². The third kappa shape index (κ3) is 4.57. The molecule has 1 aromatic rings. The number of carbonyl (C=O) groups is 1. The van der Waals surface area contributed by atoms with Gasteiger partial charge in [0.2, 0.25) is 10.0 Å². The van der Waals surface area contributed by atoms with Gasteiger partial charge in [-0.1, -0.05) is 20.3 Å². The topological polar surface area (TPSA) is 66.5 Å². The molecule has 1 saturated heterocycles. The van der Waals surface area contributed by atoms with Crippen LogP contribution in [0.2, 0.25) is 0 Å². The normalized spacial score (nSPS) is 18.6. The SMILES string of the molecule is CCCCNS(=O)(=O)c1ccc(C(=O)N2CCCCC2CC)cc1. The standard InChI is InChI=1S/C18H28N2O3S/c1-3-5-13-19-24(22,23)17-11-9-15(10-12-17)18(21)20-14-7-6-8-16(20)4-2/h9-12,16,19H,3-8,13-14H2,1-2H3. The number of hydrogen-bond acceptors (Lipinski definition) is 3. The van der Waals surface area contributed by atoms with Gasteiger partial charge in [-0.05, 0) is 56.4 Å². The summed E-state index contributed by atoms with van der Waals surface area (Å²) in [6.45, 7) is 5.34. The molecule has 1 atom stereocenters. The third-order valence-electron chi connectivity index (χ3n) is 4.59. The van der Waals surface area contributed by atoms with Gasteiger partial charge in [0.05, 0.1) is 4.90 Å². The zero-order chi connectivity index (χ0) is 17.6. The van der Waals surface area contributed by atoms with Gasteiger partial charge in [0, 0.05) is 24.7 Å². The summed E-state index contributed by atoms with van der Waals surface area (Å²) in [6.07, 6.45) is 5.96. The Bertz CT molecular complexity index is 641. The minimum absolute atomic E-state index is 0.00411. The number of nitrogens with one attached hydrogen (secondary N) is 1. The molecule has 1 aromatic carbocycles. The van der Waals surface area contributed by atoms with E-state index in [0.717, 1.165) is 38.6 Å². The van der Waals surface area contributed by atoms with Crippen LogP contribution >= 0.6 is 0 Å². The predicted molar refractivity (Wildman–Crippen MR) is 95.5 cm³/mol. The Morgan fingerprint density at radius 2 is 1.92 bits per heavy atom. The summed E-state index contributed by atoms with van der Waals surface area (Å²) < 4.78 is 26.9. The minimum Gasteiger partial charge on any atom is -0.336 e. The maximum atomic E-state index is 12.7. The van der Waals surface area contributed by atoms with E-state index in [4.69, 9.17) is 0 Å². The molecule has 0 saturated carbocycles. The molecular formula is C18H28N2O3S. The first-order chi connectivity index (χ1) is 11.5. The summed E-state index contributed by atoms with van der Waals surface area (Å²) >= 11 is 0. The Morgan fingerprint density at radius 1 is 1.21 bits per heavy atom. The van der Waals surface area contributed by atoms with Crippen molar-refractivity contribution in [2.24, 2.45) is 0 Å². The number of rotatable bonds is 7. The van der Waals surface area contributed by atoms with Crippen LogP contribution in [-0.2, 0) is 10.0 Å². The molecule has 1 aliphatic rings. The van der Waals surface area contributed by atoms with Gasteiger partial charge in [-0.2, -0.15) is 0 Å². The molecule has 1 fully saturated rings. The molecule has 0 aliphatic carbocycles. The molecular weight excluding hydrogens is 324 g/mol. The van der Waals surface area contributed by atoms with Crippen LogP contribution in [0.3, 0.4) is 0 Å². The summed E-state index contributed by atoms with van der Waals surface area (Å²) in [6, 6.07) is 6.58.